The van der Waals surface area contributed by atoms with Gasteiger partial charge in [-0.15, -0.1) is 0 Å². The monoisotopic (exact) mass is 413 g/mol. The molecule has 0 unspecified atom stereocenters. The molecule has 2 heterocycles. The normalized spacial score (nSPS) is 10.6. The summed E-state index contributed by atoms with van der Waals surface area (Å²) in [6, 6.07) is 15.1. The van der Waals surface area contributed by atoms with Crippen LogP contribution in [-0.4, -0.2) is 14.5 Å². The second-order valence-electron chi connectivity index (χ2n) is 6.14. The van der Waals surface area contributed by atoms with Crippen LogP contribution in [-0.2, 0) is 6.54 Å². The topological polar surface area (TPSA) is 50.7 Å². The molecule has 4 rings (SSSR count). The minimum atomic E-state index is -0.115. The number of pyridine rings is 1. The van der Waals surface area contributed by atoms with Crippen molar-refractivity contribution in [3.8, 4) is 11.1 Å². The summed E-state index contributed by atoms with van der Waals surface area (Å²) in [6.07, 6.45) is 1.72. The second kappa shape index (κ2) is 8.63. The van der Waals surface area contributed by atoms with Crippen LogP contribution in [0.1, 0.15) is 25.2 Å². The van der Waals surface area contributed by atoms with Gasteiger partial charge >= 0.3 is 0 Å². The lowest BCUT2D eigenvalue weighted by molar-refractivity contribution is 0.786. The summed E-state index contributed by atoms with van der Waals surface area (Å²) in [7, 11) is 0. The van der Waals surface area contributed by atoms with E-state index in [0.717, 1.165) is 33.5 Å². The highest BCUT2D eigenvalue weighted by molar-refractivity contribution is 6.42. The van der Waals surface area contributed by atoms with E-state index in [0.29, 0.717) is 16.6 Å². The van der Waals surface area contributed by atoms with Gasteiger partial charge in [-0.2, -0.15) is 0 Å². The first-order valence-electron chi connectivity index (χ1n) is 9.11. The molecule has 0 aliphatic heterocycles. The predicted molar refractivity (Wildman–Crippen MR) is 117 cm³/mol. The number of aromatic amines is 1. The average Bonchev–Trinajstić information content (AvgIpc) is 3.01. The number of hydrogen-bond acceptors (Lipinski definition) is 2. The van der Waals surface area contributed by atoms with Crippen molar-refractivity contribution in [2.24, 2.45) is 0 Å². The van der Waals surface area contributed by atoms with Crippen molar-refractivity contribution in [2.45, 2.75) is 27.3 Å². The molecule has 28 heavy (non-hydrogen) atoms. The smallest absolute Gasteiger partial charge is 0.247 e. The van der Waals surface area contributed by atoms with Crippen LogP contribution < -0.4 is 5.56 Å². The molecule has 0 atom stereocenters. The predicted octanol–water partition coefficient (Wildman–Crippen LogP) is 6.08. The lowest BCUT2D eigenvalue weighted by atomic mass is 10.1. The standard InChI is InChI=1S/C20H15Cl2N3O.C2H6/c1-12-24-18-6-3-14(15-4-7-20(26)23-10-15)9-19(18)25(12)11-13-2-5-16(21)17(22)8-13;1-2/h2-10H,11H2,1H3,(H,23,26);1-2H3. The van der Waals surface area contributed by atoms with E-state index in [1.54, 1.807) is 12.3 Å². The summed E-state index contributed by atoms with van der Waals surface area (Å²) < 4.78 is 2.14. The lowest BCUT2D eigenvalue weighted by Gasteiger charge is -2.09. The molecule has 4 nitrogen and oxygen atoms in total. The van der Waals surface area contributed by atoms with Crippen LogP contribution in [0, 0.1) is 6.92 Å². The van der Waals surface area contributed by atoms with Crippen molar-refractivity contribution in [1.82, 2.24) is 14.5 Å². The minimum absolute atomic E-state index is 0.115. The first-order chi connectivity index (χ1) is 13.5. The Morgan fingerprint density at radius 3 is 2.39 bits per heavy atom. The molecule has 0 amide bonds. The van der Waals surface area contributed by atoms with Gasteiger partial charge in [-0.25, -0.2) is 4.98 Å². The van der Waals surface area contributed by atoms with Crippen molar-refractivity contribution in [2.75, 3.05) is 0 Å². The average molecular weight is 414 g/mol. The van der Waals surface area contributed by atoms with E-state index in [-0.39, 0.29) is 5.56 Å². The Bertz CT molecular complexity index is 1160. The van der Waals surface area contributed by atoms with Gasteiger partial charge in [0.1, 0.15) is 5.82 Å². The van der Waals surface area contributed by atoms with Crippen molar-refractivity contribution >= 4 is 34.2 Å². The molecule has 2 aromatic carbocycles. The zero-order valence-corrected chi connectivity index (χ0v) is 17.5. The molecule has 4 aromatic rings. The number of nitrogens with zero attached hydrogens (tertiary/aromatic N) is 2. The molecular formula is C22H21Cl2N3O. The number of hydrogen-bond donors (Lipinski definition) is 1. The highest BCUT2D eigenvalue weighted by Gasteiger charge is 2.10. The summed E-state index contributed by atoms with van der Waals surface area (Å²) >= 11 is 12.2. The molecule has 0 saturated carbocycles. The molecule has 0 aliphatic rings. The van der Waals surface area contributed by atoms with Gasteiger partial charge in [-0.1, -0.05) is 49.2 Å². The zero-order chi connectivity index (χ0) is 20.3. The van der Waals surface area contributed by atoms with Gasteiger partial charge in [-0.3, -0.25) is 4.79 Å². The molecule has 0 aliphatic carbocycles. The Morgan fingerprint density at radius 2 is 1.71 bits per heavy atom. The van der Waals surface area contributed by atoms with Crippen molar-refractivity contribution in [1.29, 1.82) is 0 Å². The number of aryl methyl sites for hydroxylation is 1. The molecule has 144 valence electrons. The van der Waals surface area contributed by atoms with Crippen LogP contribution in [0.2, 0.25) is 10.0 Å². The number of aromatic nitrogens is 3. The Hall–Kier alpha value is -2.56. The number of imidazole rings is 1. The van der Waals surface area contributed by atoms with Crippen LogP contribution in [0.3, 0.4) is 0 Å². The van der Waals surface area contributed by atoms with E-state index in [1.807, 2.05) is 51.1 Å². The number of H-pyrrole nitrogens is 1. The Morgan fingerprint density at radius 1 is 0.964 bits per heavy atom. The molecule has 0 saturated heterocycles. The van der Waals surface area contributed by atoms with Gasteiger partial charge in [0.25, 0.3) is 0 Å². The third-order valence-corrected chi connectivity index (χ3v) is 5.12. The molecule has 0 spiro atoms. The van der Waals surface area contributed by atoms with Crippen LogP contribution in [0.4, 0.5) is 0 Å². The molecule has 0 bridgehead atoms. The number of rotatable bonds is 3. The van der Waals surface area contributed by atoms with Crippen LogP contribution in [0.5, 0.6) is 0 Å². The molecule has 0 fully saturated rings. The summed E-state index contributed by atoms with van der Waals surface area (Å²) in [4.78, 5) is 18.6. The third kappa shape index (κ3) is 4.13. The summed E-state index contributed by atoms with van der Waals surface area (Å²) in [5.74, 6) is 0.921. The largest absolute Gasteiger partial charge is 0.328 e. The highest BCUT2D eigenvalue weighted by Crippen LogP contribution is 2.27. The molecular weight excluding hydrogens is 393 g/mol. The fourth-order valence-corrected chi connectivity index (χ4v) is 3.35. The fraction of sp³-hybridized carbons (Fsp3) is 0.182. The number of halogens is 2. The quantitative estimate of drug-likeness (QED) is 0.442. The molecule has 1 N–H and O–H groups in total. The minimum Gasteiger partial charge on any atom is -0.328 e. The van der Waals surface area contributed by atoms with E-state index in [2.05, 4.69) is 20.6 Å². The first kappa shape index (κ1) is 20.2. The van der Waals surface area contributed by atoms with Crippen LogP contribution >= 0.6 is 23.2 Å². The summed E-state index contributed by atoms with van der Waals surface area (Å²) in [5.41, 5.74) is 4.86. The van der Waals surface area contributed by atoms with Crippen LogP contribution in [0.25, 0.3) is 22.2 Å². The fourth-order valence-electron chi connectivity index (χ4n) is 3.03. The lowest BCUT2D eigenvalue weighted by Crippen LogP contribution is -2.02. The Balaban J connectivity index is 0.00000109. The van der Waals surface area contributed by atoms with E-state index < -0.39 is 0 Å². The van der Waals surface area contributed by atoms with E-state index >= 15 is 0 Å². The number of fused-ring (bicyclic) bond motifs is 1. The van der Waals surface area contributed by atoms with E-state index in [1.165, 1.54) is 6.07 Å². The van der Waals surface area contributed by atoms with Gasteiger partial charge in [0.15, 0.2) is 0 Å². The molecule has 0 radical (unpaired) electrons. The van der Waals surface area contributed by atoms with Crippen molar-refractivity contribution < 1.29 is 0 Å². The maximum absolute atomic E-state index is 11.3. The van der Waals surface area contributed by atoms with Gasteiger partial charge in [0, 0.05) is 18.8 Å². The Kier molecular flexibility index (Phi) is 6.22. The maximum atomic E-state index is 11.3. The zero-order valence-electron chi connectivity index (χ0n) is 16.0. The third-order valence-electron chi connectivity index (χ3n) is 4.38. The van der Waals surface area contributed by atoms with Crippen molar-refractivity contribution in [3.63, 3.8) is 0 Å². The maximum Gasteiger partial charge on any atom is 0.247 e. The number of nitrogens with one attached hydrogen (secondary N) is 1. The second-order valence-corrected chi connectivity index (χ2v) is 6.95. The highest BCUT2D eigenvalue weighted by atomic mass is 35.5. The van der Waals surface area contributed by atoms with Gasteiger partial charge in [-0.05, 0) is 53.9 Å². The Labute approximate surface area is 173 Å². The first-order valence-corrected chi connectivity index (χ1v) is 9.87. The van der Waals surface area contributed by atoms with E-state index in [4.69, 9.17) is 23.2 Å². The molecule has 6 heteroatoms. The van der Waals surface area contributed by atoms with Gasteiger partial charge in [0.2, 0.25) is 5.56 Å². The molecule has 2 aromatic heterocycles. The van der Waals surface area contributed by atoms with Gasteiger partial charge in [0.05, 0.1) is 21.1 Å². The van der Waals surface area contributed by atoms with E-state index in [9.17, 15) is 4.79 Å². The van der Waals surface area contributed by atoms with Crippen molar-refractivity contribution in [3.05, 3.63) is 86.5 Å². The number of benzene rings is 2. The van der Waals surface area contributed by atoms with Crippen LogP contribution in [0.15, 0.2) is 59.5 Å². The summed E-state index contributed by atoms with van der Waals surface area (Å²) in [6.45, 7) is 6.63. The summed E-state index contributed by atoms with van der Waals surface area (Å²) in [5, 5.41) is 1.09. The van der Waals surface area contributed by atoms with Gasteiger partial charge < -0.3 is 9.55 Å². The SMILES string of the molecule is CC.Cc1nc2ccc(-c3ccc(=O)[nH]c3)cc2n1Cc1ccc(Cl)c(Cl)c1.